The molecule has 0 saturated carbocycles. The number of para-hydroxylation sites is 1. The fourth-order valence-electron chi connectivity index (χ4n) is 4.03. The predicted octanol–water partition coefficient (Wildman–Crippen LogP) is 4.97. The molecule has 34 heavy (non-hydrogen) atoms. The molecule has 0 aliphatic carbocycles. The molecule has 7 heteroatoms. The number of nitrogens with one attached hydrogen (secondary N) is 1. The molecule has 0 spiro atoms. The molecule has 0 bridgehead atoms. The molecule has 1 N–H and O–H groups in total. The van der Waals surface area contributed by atoms with Crippen LogP contribution in [0.4, 0.5) is 10.1 Å². The number of hydrogen-bond donors (Lipinski definition) is 1. The lowest BCUT2D eigenvalue weighted by molar-refractivity contribution is -0.138. The quantitative estimate of drug-likeness (QED) is 0.459. The van der Waals surface area contributed by atoms with E-state index in [2.05, 4.69) is 5.32 Å². The first-order valence-electron chi connectivity index (χ1n) is 11.1. The molecule has 3 aromatic carbocycles. The van der Waals surface area contributed by atoms with Crippen molar-refractivity contribution in [1.29, 1.82) is 0 Å². The molecule has 1 atom stereocenters. The summed E-state index contributed by atoms with van der Waals surface area (Å²) in [6.45, 7) is 1.37. The highest BCUT2D eigenvalue weighted by molar-refractivity contribution is 6.04. The Labute approximate surface area is 195 Å². The van der Waals surface area contributed by atoms with E-state index in [4.69, 9.17) is 9.15 Å². The molecule has 2 amide bonds. The zero-order chi connectivity index (χ0) is 23.5. The second kappa shape index (κ2) is 9.49. The molecule has 4 aromatic rings. The van der Waals surface area contributed by atoms with Crippen LogP contribution < -0.4 is 5.32 Å². The lowest BCUT2D eigenvalue weighted by Crippen LogP contribution is -2.43. The molecule has 1 fully saturated rings. The fraction of sp³-hybridized carbons (Fsp3) is 0.185. The largest absolute Gasteiger partial charge is 0.451 e. The van der Waals surface area contributed by atoms with Crippen molar-refractivity contribution in [2.24, 2.45) is 0 Å². The highest BCUT2D eigenvalue weighted by Gasteiger charge is 2.25. The Morgan fingerprint density at radius 1 is 1.00 bits per heavy atom. The number of carbonyl (C=O) groups is 2. The lowest BCUT2D eigenvalue weighted by Gasteiger charge is -2.33. The summed E-state index contributed by atoms with van der Waals surface area (Å²) in [7, 11) is 0. The van der Waals surface area contributed by atoms with Gasteiger partial charge in [-0.25, -0.2) is 4.39 Å². The monoisotopic (exact) mass is 458 g/mol. The van der Waals surface area contributed by atoms with E-state index in [1.807, 2.05) is 36.4 Å². The summed E-state index contributed by atoms with van der Waals surface area (Å²) >= 11 is 0. The number of amides is 2. The van der Waals surface area contributed by atoms with Crippen molar-refractivity contribution in [2.45, 2.75) is 12.5 Å². The van der Waals surface area contributed by atoms with Crippen molar-refractivity contribution in [3.8, 4) is 0 Å². The molecular formula is C27H23FN2O4. The van der Waals surface area contributed by atoms with E-state index < -0.39 is 0 Å². The van der Waals surface area contributed by atoms with Gasteiger partial charge in [-0.3, -0.25) is 9.59 Å². The van der Waals surface area contributed by atoms with Crippen molar-refractivity contribution in [1.82, 2.24) is 4.90 Å². The van der Waals surface area contributed by atoms with Gasteiger partial charge < -0.3 is 19.4 Å². The van der Waals surface area contributed by atoms with Crippen LogP contribution in [0.3, 0.4) is 0 Å². The molecule has 0 radical (unpaired) electrons. The van der Waals surface area contributed by atoms with E-state index in [1.54, 1.807) is 35.2 Å². The summed E-state index contributed by atoms with van der Waals surface area (Å²) in [5.41, 5.74) is 2.97. The van der Waals surface area contributed by atoms with Gasteiger partial charge in [0.25, 0.3) is 5.91 Å². The standard InChI is InChI=1S/C27H23FN2O4/c28-21-9-7-19(8-10-21)25-17-30(13-14-33-25)26(31)15-18-5-11-22(12-6-18)29-27(32)24-16-20-3-1-2-4-23(20)34-24/h1-12,16,25H,13-15,17H2,(H,29,32). The predicted molar refractivity (Wildman–Crippen MR) is 126 cm³/mol. The Hall–Kier alpha value is -3.97. The number of halogens is 1. The van der Waals surface area contributed by atoms with Gasteiger partial charge in [0.2, 0.25) is 5.91 Å². The summed E-state index contributed by atoms with van der Waals surface area (Å²) in [5, 5.41) is 3.69. The Balaban J connectivity index is 1.18. The van der Waals surface area contributed by atoms with E-state index in [0.717, 1.165) is 16.5 Å². The van der Waals surface area contributed by atoms with E-state index >= 15 is 0 Å². The third-order valence-corrected chi connectivity index (χ3v) is 5.88. The van der Waals surface area contributed by atoms with Crippen molar-refractivity contribution < 1.29 is 23.1 Å². The smallest absolute Gasteiger partial charge is 0.291 e. The van der Waals surface area contributed by atoms with Gasteiger partial charge in [0.1, 0.15) is 17.5 Å². The molecule has 1 aromatic heterocycles. The number of morpholine rings is 1. The van der Waals surface area contributed by atoms with Crippen LogP contribution in [0.2, 0.25) is 0 Å². The van der Waals surface area contributed by atoms with Crippen molar-refractivity contribution >= 4 is 28.5 Å². The number of benzene rings is 3. The first-order valence-corrected chi connectivity index (χ1v) is 11.1. The number of nitrogens with zero attached hydrogens (tertiary/aromatic N) is 1. The number of furan rings is 1. The molecular weight excluding hydrogens is 435 g/mol. The first kappa shape index (κ1) is 21.9. The van der Waals surface area contributed by atoms with Gasteiger partial charge >= 0.3 is 0 Å². The van der Waals surface area contributed by atoms with Crippen LogP contribution in [0.1, 0.15) is 27.8 Å². The first-order chi connectivity index (χ1) is 16.5. The number of anilines is 1. The number of hydrogen-bond acceptors (Lipinski definition) is 4. The Morgan fingerprint density at radius 2 is 1.76 bits per heavy atom. The van der Waals surface area contributed by atoms with Crippen LogP contribution in [-0.2, 0) is 16.0 Å². The maximum atomic E-state index is 13.2. The summed E-state index contributed by atoms with van der Waals surface area (Å²) in [6, 6.07) is 22.5. The zero-order valence-electron chi connectivity index (χ0n) is 18.4. The maximum Gasteiger partial charge on any atom is 0.291 e. The summed E-state index contributed by atoms with van der Waals surface area (Å²) in [5.74, 6) is -0.400. The molecule has 2 heterocycles. The average Bonchev–Trinajstić information content (AvgIpc) is 3.30. The van der Waals surface area contributed by atoms with Crippen LogP contribution in [0.25, 0.3) is 11.0 Å². The minimum absolute atomic E-state index is 0.00512. The van der Waals surface area contributed by atoms with Gasteiger partial charge in [-0.1, -0.05) is 42.5 Å². The van der Waals surface area contributed by atoms with Gasteiger partial charge in [-0.2, -0.15) is 0 Å². The molecule has 1 aliphatic rings. The molecule has 5 rings (SSSR count). The Bertz CT molecular complexity index is 1280. The van der Waals surface area contributed by atoms with Crippen LogP contribution in [-0.4, -0.2) is 36.4 Å². The summed E-state index contributed by atoms with van der Waals surface area (Å²) in [6.07, 6.45) is -0.0253. The third-order valence-electron chi connectivity index (χ3n) is 5.88. The molecule has 1 aliphatic heterocycles. The summed E-state index contributed by atoms with van der Waals surface area (Å²) in [4.78, 5) is 27.2. The van der Waals surface area contributed by atoms with Crippen molar-refractivity contribution in [2.75, 3.05) is 25.0 Å². The SMILES string of the molecule is O=C(Nc1ccc(CC(=O)N2CCOC(c3ccc(F)cc3)C2)cc1)c1cc2ccccc2o1. The summed E-state index contributed by atoms with van der Waals surface area (Å²) < 4.78 is 24.6. The van der Waals surface area contributed by atoms with Gasteiger partial charge in [0.05, 0.1) is 19.6 Å². The van der Waals surface area contributed by atoms with E-state index in [-0.39, 0.29) is 35.9 Å². The second-order valence-corrected chi connectivity index (χ2v) is 8.23. The molecule has 1 saturated heterocycles. The maximum absolute atomic E-state index is 13.2. The van der Waals surface area contributed by atoms with Crippen LogP contribution in [0, 0.1) is 5.82 Å². The highest BCUT2D eigenvalue weighted by Crippen LogP contribution is 2.24. The van der Waals surface area contributed by atoms with Gasteiger partial charge in [0.15, 0.2) is 5.76 Å². The van der Waals surface area contributed by atoms with Crippen molar-refractivity contribution in [3.05, 3.63) is 102 Å². The zero-order valence-corrected chi connectivity index (χ0v) is 18.4. The Kier molecular flexibility index (Phi) is 6.10. The molecule has 172 valence electrons. The van der Waals surface area contributed by atoms with Crippen molar-refractivity contribution in [3.63, 3.8) is 0 Å². The second-order valence-electron chi connectivity index (χ2n) is 8.23. The number of fused-ring (bicyclic) bond motifs is 1. The normalized spacial score (nSPS) is 15.9. The number of ether oxygens (including phenoxy) is 1. The highest BCUT2D eigenvalue weighted by atomic mass is 19.1. The molecule has 6 nitrogen and oxygen atoms in total. The van der Waals surface area contributed by atoms with E-state index in [9.17, 15) is 14.0 Å². The Morgan fingerprint density at radius 3 is 2.53 bits per heavy atom. The average molecular weight is 458 g/mol. The fourth-order valence-corrected chi connectivity index (χ4v) is 4.03. The third kappa shape index (κ3) is 4.84. The van der Waals surface area contributed by atoms with Gasteiger partial charge in [-0.15, -0.1) is 0 Å². The van der Waals surface area contributed by atoms with Crippen LogP contribution in [0.5, 0.6) is 0 Å². The van der Waals surface area contributed by atoms with Crippen LogP contribution >= 0.6 is 0 Å². The van der Waals surface area contributed by atoms with Gasteiger partial charge in [0, 0.05) is 17.6 Å². The van der Waals surface area contributed by atoms with E-state index in [1.165, 1.54) is 12.1 Å². The van der Waals surface area contributed by atoms with E-state index in [0.29, 0.717) is 31.0 Å². The number of rotatable bonds is 5. The topological polar surface area (TPSA) is 71.8 Å². The van der Waals surface area contributed by atoms with Gasteiger partial charge in [-0.05, 0) is 47.5 Å². The minimum atomic E-state index is -0.333. The lowest BCUT2D eigenvalue weighted by atomic mass is 10.1. The number of carbonyl (C=O) groups excluding carboxylic acids is 2. The van der Waals surface area contributed by atoms with Crippen LogP contribution in [0.15, 0.2) is 83.3 Å². The molecule has 1 unspecified atom stereocenters. The minimum Gasteiger partial charge on any atom is -0.451 e.